The van der Waals surface area contributed by atoms with Crippen LogP contribution >= 0.6 is 0 Å². The van der Waals surface area contributed by atoms with E-state index in [1.165, 1.54) is 14.2 Å². The molecule has 13 heteroatoms. The Hall–Kier alpha value is -5.01. The summed E-state index contributed by atoms with van der Waals surface area (Å²) in [5, 5.41) is 20.1. The van der Waals surface area contributed by atoms with Gasteiger partial charge in [-0.1, -0.05) is 102 Å². The molecule has 1 heterocycles. The first-order valence-electron chi connectivity index (χ1n) is 16.8. The molecule has 276 valence electrons. The second kappa shape index (κ2) is 18.3. The van der Waals surface area contributed by atoms with Crippen molar-refractivity contribution in [3.8, 4) is 11.3 Å². The summed E-state index contributed by atoms with van der Waals surface area (Å²) in [6, 6.07) is 19.2. The fraction of sp³-hybridized carbons (Fsp3) is 0.447. The van der Waals surface area contributed by atoms with Gasteiger partial charge in [0.05, 0.1) is 38.1 Å². The molecule has 0 aliphatic heterocycles. The number of carbonyl (C=O) groups excluding carboxylic acids is 4. The highest BCUT2D eigenvalue weighted by Crippen LogP contribution is 2.26. The molecule has 13 nitrogen and oxygen atoms in total. The van der Waals surface area contributed by atoms with Gasteiger partial charge in [-0.05, 0) is 46.9 Å². The molecule has 0 saturated carbocycles. The average Bonchev–Trinajstić information content (AvgIpc) is 3.10. The van der Waals surface area contributed by atoms with Gasteiger partial charge in [-0.3, -0.25) is 20.0 Å². The number of aliphatic hydroxyl groups excluding tert-OH is 1. The van der Waals surface area contributed by atoms with Crippen LogP contribution in [0.4, 0.5) is 9.59 Å². The van der Waals surface area contributed by atoms with E-state index in [1.54, 1.807) is 6.20 Å². The first kappa shape index (κ1) is 40.4. The first-order chi connectivity index (χ1) is 24.0. The third-order valence-electron chi connectivity index (χ3n) is 8.36. The van der Waals surface area contributed by atoms with Gasteiger partial charge >= 0.3 is 12.2 Å². The standard InChI is InChI=1S/C38H52N6O7/c1-37(2,3)31(41-35(48)50-7)33(46)40-29(22-24-14-10-9-11-15-24)30(45)23-28(26-19-17-25(18-20-26)27-16-12-13-21-39-27)43-44-34(47)32(38(4,5)6)42-36(49)51-8/h9-21,28-32,43,45H,22-23H2,1-8H3,(H,40,46)(H,41,48)(H,42,49)(H,44,47)/t28?,29-,30-,31+,32+/m0/s1. The van der Waals surface area contributed by atoms with E-state index in [2.05, 4.69) is 31.8 Å². The molecule has 6 N–H and O–H groups in total. The minimum absolute atomic E-state index is 0.0379. The quantitative estimate of drug-likeness (QED) is 0.132. The molecular weight excluding hydrogens is 652 g/mol. The lowest BCUT2D eigenvalue weighted by molar-refractivity contribution is -0.127. The van der Waals surface area contributed by atoms with Crippen molar-refractivity contribution in [3.05, 3.63) is 90.1 Å². The van der Waals surface area contributed by atoms with Crippen LogP contribution in [0.1, 0.15) is 65.1 Å². The number of amides is 4. The lowest BCUT2D eigenvalue weighted by Crippen LogP contribution is -2.58. The molecule has 1 unspecified atom stereocenters. The van der Waals surface area contributed by atoms with E-state index >= 15 is 0 Å². The number of alkyl carbamates (subject to hydrolysis) is 2. The number of aromatic nitrogens is 1. The topological polar surface area (TPSA) is 180 Å². The summed E-state index contributed by atoms with van der Waals surface area (Å²) in [4.78, 5) is 55.9. The van der Waals surface area contributed by atoms with E-state index in [0.29, 0.717) is 0 Å². The van der Waals surface area contributed by atoms with Crippen LogP contribution in [0.3, 0.4) is 0 Å². The van der Waals surface area contributed by atoms with Gasteiger partial charge in [-0.25, -0.2) is 15.0 Å². The summed E-state index contributed by atoms with van der Waals surface area (Å²) in [6.45, 7) is 10.9. The van der Waals surface area contributed by atoms with E-state index in [9.17, 15) is 24.3 Å². The summed E-state index contributed by atoms with van der Waals surface area (Å²) in [6.07, 6.45) is -0.637. The van der Waals surface area contributed by atoms with Crippen molar-refractivity contribution in [2.75, 3.05) is 14.2 Å². The van der Waals surface area contributed by atoms with Crippen LogP contribution in [0.2, 0.25) is 0 Å². The Morgan fingerprint density at radius 3 is 1.78 bits per heavy atom. The largest absolute Gasteiger partial charge is 0.453 e. The molecule has 0 aliphatic carbocycles. The van der Waals surface area contributed by atoms with Gasteiger partial charge in [0.1, 0.15) is 12.1 Å². The Labute approximate surface area is 300 Å². The molecule has 51 heavy (non-hydrogen) atoms. The van der Waals surface area contributed by atoms with Crippen LogP contribution < -0.4 is 26.8 Å². The van der Waals surface area contributed by atoms with Crippen LogP contribution in [0.5, 0.6) is 0 Å². The number of benzene rings is 2. The summed E-state index contributed by atoms with van der Waals surface area (Å²) >= 11 is 0. The zero-order valence-corrected chi connectivity index (χ0v) is 30.7. The van der Waals surface area contributed by atoms with Crippen molar-refractivity contribution in [1.29, 1.82) is 0 Å². The zero-order valence-electron chi connectivity index (χ0n) is 30.7. The van der Waals surface area contributed by atoms with Crippen LogP contribution in [0, 0.1) is 10.8 Å². The normalized spacial score (nSPS) is 14.5. The minimum Gasteiger partial charge on any atom is -0.453 e. The van der Waals surface area contributed by atoms with Crippen LogP contribution in [0.25, 0.3) is 11.3 Å². The highest BCUT2D eigenvalue weighted by atomic mass is 16.5. The van der Waals surface area contributed by atoms with Crippen LogP contribution in [-0.4, -0.2) is 72.5 Å². The Bertz CT molecular complexity index is 1570. The molecule has 3 aromatic rings. The molecule has 1 aromatic heterocycles. The monoisotopic (exact) mass is 704 g/mol. The number of nitrogens with zero attached hydrogens (tertiary/aromatic N) is 1. The predicted octanol–water partition coefficient (Wildman–Crippen LogP) is 4.43. The second-order valence-corrected chi connectivity index (χ2v) is 14.5. The molecule has 5 atom stereocenters. The van der Waals surface area contributed by atoms with Crippen molar-refractivity contribution in [3.63, 3.8) is 0 Å². The van der Waals surface area contributed by atoms with Gasteiger partial charge in [0.2, 0.25) is 5.91 Å². The Morgan fingerprint density at radius 1 is 0.725 bits per heavy atom. The molecule has 0 fully saturated rings. The Balaban J connectivity index is 1.96. The number of hydrazine groups is 1. The van der Waals surface area contributed by atoms with Gasteiger partial charge in [0, 0.05) is 11.8 Å². The maximum absolute atomic E-state index is 13.8. The molecule has 0 saturated heterocycles. The van der Waals surface area contributed by atoms with Crippen molar-refractivity contribution >= 4 is 24.0 Å². The maximum atomic E-state index is 13.8. The van der Waals surface area contributed by atoms with Crippen LogP contribution in [0.15, 0.2) is 79.0 Å². The van der Waals surface area contributed by atoms with Crippen molar-refractivity contribution in [1.82, 2.24) is 31.8 Å². The van der Waals surface area contributed by atoms with E-state index in [-0.39, 0.29) is 12.8 Å². The first-order valence-corrected chi connectivity index (χ1v) is 16.8. The van der Waals surface area contributed by atoms with Gasteiger partial charge in [0.25, 0.3) is 5.91 Å². The summed E-state index contributed by atoms with van der Waals surface area (Å²) < 4.78 is 9.51. The Kier molecular flexibility index (Phi) is 14.5. The van der Waals surface area contributed by atoms with Gasteiger partial charge < -0.3 is 30.5 Å². The van der Waals surface area contributed by atoms with Gasteiger partial charge in [0.15, 0.2) is 0 Å². The third kappa shape index (κ3) is 12.4. The number of aliphatic hydroxyl groups is 1. The van der Waals surface area contributed by atoms with Crippen LogP contribution in [-0.2, 0) is 25.5 Å². The molecule has 4 amide bonds. The smallest absolute Gasteiger partial charge is 0.407 e. The number of hydrogen-bond donors (Lipinski definition) is 6. The molecule has 0 bridgehead atoms. The zero-order chi connectivity index (χ0) is 37.8. The van der Waals surface area contributed by atoms with E-state index in [4.69, 9.17) is 9.47 Å². The number of hydrogen-bond acceptors (Lipinski definition) is 9. The molecule has 0 aliphatic rings. The average molecular weight is 705 g/mol. The van der Waals surface area contributed by atoms with Crippen molar-refractivity contribution in [2.45, 2.75) is 84.7 Å². The lowest BCUT2D eigenvalue weighted by Gasteiger charge is -2.34. The summed E-state index contributed by atoms with van der Waals surface area (Å²) in [5.74, 6) is -1.01. The predicted molar refractivity (Wildman–Crippen MR) is 194 cm³/mol. The van der Waals surface area contributed by atoms with Crippen molar-refractivity contribution in [2.24, 2.45) is 10.8 Å². The lowest BCUT2D eigenvalue weighted by atomic mass is 9.85. The SMILES string of the molecule is COC(=O)N[C@H](C(=O)NNC(C[C@H](O)[C@H](Cc1ccccc1)NC(=O)[C@@H](NC(=O)OC)C(C)(C)C)c1ccc(-c2ccccn2)cc1)C(C)(C)C. The fourth-order valence-corrected chi connectivity index (χ4v) is 5.46. The van der Waals surface area contributed by atoms with Gasteiger partial charge in [-0.2, -0.15) is 0 Å². The number of carbonyl (C=O) groups is 4. The highest BCUT2D eigenvalue weighted by molar-refractivity contribution is 5.87. The molecule has 0 radical (unpaired) electrons. The molecular formula is C38H52N6O7. The number of nitrogens with one attached hydrogen (secondary N) is 5. The minimum atomic E-state index is -1.15. The number of rotatable bonds is 14. The third-order valence-corrected chi connectivity index (χ3v) is 8.36. The summed E-state index contributed by atoms with van der Waals surface area (Å²) in [7, 11) is 2.44. The number of pyridine rings is 1. The van der Waals surface area contributed by atoms with E-state index in [0.717, 1.165) is 22.4 Å². The fourth-order valence-electron chi connectivity index (χ4n) is 5.46. The molecule has 2 aromatic carbocycles. The number of ether oxygens (including phenoxy) is 2. The van der Waals surface area contributed by atoms with Gasteiger partial charge in [-0.15, -0.1) is 0 Å². The van der Waals surface area contributed by atoms with E-state index in [1.807, 2.05) is 114 Å². The highest BCUT2D eigenvalue weighted by Gasteiger charge is 2.37. The second-order valence-electron chi connectivity index (χ2n) is 14.5. The maximum Gasteiger partial charge on any atom is 0.407 e. The number of methoxy groups -OCH3 is 2. The molecule has 3 rings (SSSR count). The van der Waals surface area contributed by atoms with E-state index < -0.39 is 65.1 Å². The Morgan fingerprint density at radius 2 is 1.27 bits per heavy atom. The summed E-state index contributed by atoms with van der Waals surface area (Å²) in [5.41, 5.74) is 7.69. The molecule has 0 spiro atoms. The van der Waals surface area contributed by atoms with Crippen molar-refractivity contribution < 1.29 is 33.8 Å².